The minimum absolute atomic E-state index is 0.265. The van der Waals surface area contributed by atoms with E-state index in [-0.39, 0.29) is 5.82 Å². The maximum atomic E-state index is 13.3. The predicted octanol–water partition coefficient (Wildman–Crippen LogP) is 2.98. The minimum atomic E-state index is -0.265. The van der Waals surface area contributed by atoms with Gasteiger partial charge in [0.1, 0.15) is 5.82 Å². The fourth-order valence-corrected chi connectivity index (χ4v) is 1.70. The maximum absolute atomic E-state index is 13.3. The van der Waals surface area contributed by atoms with Crippen molar-refractivity contribution >= 4 is 15.9 Å². The molecule has 13 heavy (non-hydrogen) atoms. The van der Waals surface area contributed by atoms with Crippen LogP contribution >= 0.6 is 15.9 Å². The molecule has 1 aromatic heterocycles. The van der Waals surface area contributed by atoms with E-state index in [1.54, 1.807) is 18.3 Å². The van der Waals surface area contributed by atoms with E-state index in [0.29, 0.717) is 11.3 Å². The Kier molecular flexibility index (Phi) is 2.14. The van der Waals surface area contributed by atoms with Crippen LogP contribution in [-0.4, -0.2) is 9.97 Å². The number of imidazole rings is 1. The molecule has 2 rings (SSSR count). The first-order chi connectivity index (χ1) is 6.29. The van der Waals surface area contributed by atoms with E-state index < -0.39 is 0 Å². The molecule has 2 nitrogen and oxygen atoms in total. The van der Waals surface area contributed by atoms with Gasteiger partial charge in [-0.15, -0.1) is 0 Å². The highest BCUT2D eigenvalue weighted by Gasteiger charge is 2.09. The lowest BCUT2D eigenvalue weighted by Crippen LogP contribution is -1.85. The Labute approximate surface area is 83.0 Å². The number of nitrogens with zero attached hydrogens (tertiary/aromatic N) is 1. The second-order valence-electron chi connectivity index (χ2n) is 2.56. The molecule has 0 saturated heterocycles. The number of H-pyrrole nitrogens is 1. The zero-order valence-corrected chi connectivity index (χ0v) is 8.18. The normalized spacial score (nSPS) is 10.3. The molecule has 0 radical (unpaired) electrons. The second kappa shape index (κ2) is 3.30. The van der Waals surface area contributed by atoms with Crippen LogP contribution in [0, 0.1) is 5.82 Å². The molecule has 0 unspecified atom stereocenters. The Hall–Kier alpha value is -1.16. The summed E-state index contributed by atoms with van der Waals surface area (Å²) in [5.74, 6) is -0.265. The quantitative estimate of drug-likeness (QED) is 0.816. The molecule has 1 N–H and O–H groups in total. The van der Waals surface area contributed by atoms with E-state index >= 15 is 0 Å². The predicted molar refractivity (Wildman–Crippen MR) is 51.7 cm³/mol. The standard InChI is InChI=1S/C9H6BrFN2/c10-6-2-1-3-7(11)9(6)8-4-12-5-13-8/h1-5H,(H,12,13). The van der Waals surface area contributed by atoms with Crippen LogP contribution in [-0.2, 0) is 0 Å². The van der Waals surface area contributed by atoms with Gasteiger partial charge in [0.05, 0.1) is 18.2 Å². The van der Waals surface area contributed by atoms with Crippen LogP contribution in [0.5, 0.6) is 0 Å². The number of rotatable bonds is 1. The van der Waals surface area contributed by atoms with Crippen molar-refractivity contribution in [3.05, 3.63) is 41.0 Å². The van der Waals surface area contributed by atoms with E-state index in [1.807, 2.05) is 0 Å². The number of aromatic amines is 1. The molecule has 66 valence electrons. The molecule has 0 spiro atoms. The lowest BCUT2D eigenvalue weighted by atomic mass is 10.1. The van der Waals surface area contributed by atoms with Crippen molar-refractivity contribution in [2.24, 2.45) is 0 Å². The number of nitrogens with one attached hydrogen (secondary N) is 1. The summed E-state index contributed by atoms with van der Waals surface area (Å²) >= 11 is 3.28. The van der Waals surface area contributed by atoms with Gasteiger partial charge in [0, 0.05) is 10.0 Å². The highest BCUT2D eigenvalue weighted by molar-refractivity contribution is 9.10. The Balaban J connectivity index is 2.64. The van der Waals surface area contributed by atoms with Crippen LogP contribution in [0.15, 0.2) is 35.2 Å². The highest BCUT2D eigenvalue weighted by Crippen LogP contribution is 2.28. The first kappa shape index (κ1) is 8.44. The topological polar surface area (TPSA) is 28.7 Å². The average molecular weight is 241 g/mol. The largest absolute Gasteiger partial charge is 0.345 e. The van der Waals surface area contributed by atoms with Crippen LogP contribution in [0.2, 0.25) is 0 Å². The monoisotopic (exact) mass is 240 g/mol. The van der Waals surface area contributed by atoms with Crippen molar-refractivity contribution in [2.45, 2.75) is 0 Å². The summed E-state index contributed by atoms with van der Waals surface area (Å²) in [6.45, 7) is 0. The van der Waals surface area contributed by atoms with Gasteiger partial charge >= 0.3 is 0 Å². The molecule has 2 aromatic rings. The Morgan fingerprint density at radius 3 is 2.85 bits per heavy atom. The SMILES string of the molecule is Fc1cccc(Br)c1-c1cnc[nH]1. The van der Waals surface area contributed by atoms with Crippen LogP contribution in [0.25, 0.3) is 11.3 Å². The second-order valence-corrected chi connectivity index (χ2v) is 3.42. The molecule has 0 aliphatic heterocycles. The van der Waals surface area contributed by atoms with Crippen LogP contribution in [0.4, 0.5) is 4.39 Å². The average Bonchev–Trinajstić information content (AvgIpc) is 2.57. The van der Waals surface area contributed by atoms with E-state index in [1.165, 1.54) is 12.4 Å². The summed E-state index contributed by atoms with van der Waals surface area (Å²) in [4.78, 5) is 6.69. The minimum Gasteiger partial charge on any atom is -0.345 e. The fraction of sp³-hybridized carbons (Fsp3) is 0. The van der Waals surface area contributed by atoms with Crippen molar-refractivity contribution in [1.82, 2.24) is 9.97 Å². The summed E-state index contributed by atoms with van der Waals surface area (Å²) in [6, 6.07) is 4.86. The molecule has 0 saturated carbocycles. The summed E-state index contributed by atoms with van der Waals surface area (Å²) in [6.07, 6.45) is 3.11. The number of hydrogen-bond donors (Lipinski definition) is 1. The molecule has 0 aliphatic rings. The number of halogens is 2. The summed E-state index contributed by atoms with van der Waals surface area (Å²) in [7, 11) is 0. The van der Waals surface area contributed by atoms with Crippen LogP contribution < -0.4 is 0 Å². The molecule has 4 heteroatoms. The molecule has 1 aromatic carbocycles. The summed E-state index contributed by atoms with van der Waals surface area (Å²) < 4.78 is 14.1. The highest BCUT2D eigenvalue weighted by atomic mass is 79.9. The molecule has 0 amide bonds. The van der Waals surface area contributed by atoms with Crippen molar-refractivity contribution in [1.29, 1.82) is 0 Å². The van der Waals surface area contributed by atoms with Crippen molar-refractivity contribution < 1.29 is 4.39 Å². The van der Waals surface area contributed by atoms with Gasteiger partial charge in [-0.05, 0) is 28.1 Å². The summed E-state index contributed by atoms with van der Waals surface area (Å²) in [5.41, 5.74) is 1.19. The van der Waals surface area contributed by atoms with E-state index in [4.69, 9.17) is 0 Å². The number of aromatic nitrogens is 2. The third-order valence-electron chi connectivity index (χ3n) is 1.73. The van der Waals surface area contributed by atoms with Gasteiger partial charge in [0.25, 0.3) is 0 Å². The van der Waals surface area contributed by atoms with Gasteiger partial charge < -0.3 is 4.98 Å². The van der Waals surface area contributed by atoms with Crippen molar-refractivity contribution in [3.8, 4) is 11.3 Å². The van der Waals surface area contributed by atoms with E-state index in [2.05, 4.69) is 25.9 Å². The van der Waals surface area contributed by atoms with Gasteiger partial charge in [0.2, 0.25) is 0 Å². The zero-order valence-electron chi connectivity index (χ0n) is 6.59. The first-order valence-electron chi connectivity index (χ1n) is 3.72. The van der Waals surface area contributed by atoms with Gasteiger partial charge in [-0.1, -0.05) is 6.07 Å². The lowest BCUT2D eigenvalue weighted by Gasteiger charge is -2.01. The molecule has 0 bridgehead atoms. The number of hydrogen-bond acceptors (Lipinski definition) is 1. The van der Waals surface area contributed by atoms with E-state index in [9.17, 15) is 4.39 Å². The summed E-state index contributed by atoms with van der Waals surface area (Å²) in [5, 5.41) is 0. The van der Waals surface area contributed by atoms with Crippen LogP contribution in [0.1, 0.15) is 0 Å². The fourth-order valence-electron chi connectivity index (χ4n) is 1.15. The maximum Gasteiger partial charge on any atom is 0.133 e. The number of benzene rings is 1. The first-order valence-corrected chi connectivity index (χ1v) is 4.51. The molecule has 0 atom stereocenters. The molecule has 1 heterocycles. The third-order valence-corrected chi connectivity index (χ3v) is 2.39. The molecule has 0 fully saturated rings. The molecular weight excluding hydrogens is 235 g/mol. The van der Waals surface area contributed by atoms with Gasteiger partial charge in [-0.2, -0.15) is 0 Å². The molecular formula is C9H6BrFN2. The van der Waals surface area contributed by atoms with E-state index in [0.717, 1.165) is 4.47 Å². The Bertz CT molecular complexity index is 391. The Morgan fingerprint density at radius 1 is 1.38 bits per heavy atom. The molecule has 0 aliphatic carbocycles. The van der Waals surface area contributed by atoms with Gasteiger partial charge in [0.15, 0.2) is 0 Å². The van der Waals surface area contributed by atoms with Gasteiger partial charge in [-0.3, -0.25) is 0 Å². The zero-order chi connectivity index (χ0) is 9.26. The Morgan fingerprint density at radius 2 is 2.23 bits per heavy atom. The van der Waals surface area contributed by atoms with Crippen LogP contribution in [0.3, 0.4) is 0 Å². The van der Waals surface area contributed by atoms with Gasteiger partial charge in [-0.25, -0.2) is 9.37 Å². The van der Waals surface area contributed by atoms with Crippen molar-refractivity contribution in [2.75, 3.05) is 0 Å². The lowest BCUT2D eigenvalue weighted by molar-refractivity contribution is 0.630. The third kappa shape index (κ3) is 1.49. The smallest absolute Gasteiger partial charge is 0.133 e. The van der Waals surface area contributed by atoms with Crippen molar-refractivity contribution in [3.63, 3.8) is 0 Å².